The third-order valence-corrected chi connectivity index (χ3v) is 4.06. The van der Waals surface area contributed by atoms with Crippen LogP contribution >= 0.6 is 0 Å². The van der Waals surface area contributed by atoms with E-state index in [0.29, 0.717) is 6.54 Å². The maximum atomic E-state index is 12.3. The first kappa shape index (κ1) is 17.6. The Bertz CT molecular complexity index is 512. The van der Waals surface area contributed by atoms with E-state index in [9.17, 15) is 4.79 Å². The average Bonchev–Trinajstić information content (AvgIpc) is 2.51. The van der Waals surface area contributed by atoms with Gasteiger partial charge in [0.15, 0.2) is 0 Å². The van der Waals surface area contributed by atoms with Crippen molar-refractivity contribution >= 4 is 6.03 Å². The molecule has 1 saturated heterocycles. The van der Waals surface area contributed by atoms with Gasteiger partial charge >= 0.3 is 6.03 Å². The first-order valence-electron chi connectivity index (χ1n) is 8.26. The van der Waals surface area contributed by atoms with E-state index in [0.717, 1.165) is 37.6 Å². The highest BCUT2D eigenvalue weighted by Crippen LogP contribution is 2.27. The van der Waals surface area contributed by atoms with Crippen LogP contribution in [-0.4, -0.2) is 44.3 Å². The molecule has 1 fully saturated rings. The molecule has 1 N–H and O–H groups in total. The predicted molar refractivity (Wildman–Crippen MR) is 90.7 cm³/mol. The molecule has 0 radical (unpaired) electrons. The van der Waals surface area contributed by atoms with Gasteiger partial charge in [0.25, 0.3) is 0 Å². The number of hydrogen-bond donors (Lipinski definition) is 1. The molecule has 1 heterocycles. The van der Waals surface area contributed by atoms with Gasteiger partial charge in [-0.25, -0.2) is 4.79 Å². The third kappa shape index (κ3) is 4.86. The predicted octanol–water partition coefficient (Wildman–Crippen LogP) is 3.21. The number of carbonyl (C=O) groups is 1. The smallest absolute Gasteiger partial charge is 0.317 e. The Balaban J connectivity index is 1.84. The summed E-state index contributed by atoms with van der Waals surface area (Å²) in [7, 11) is 1.83. The SMILES string of the molecule is CCCOc1ccc([C@H](C)NC(=O)N(C)CC2(C)COC2)cc1. The molecule has 23 heavy (non-hydrogen) atoms. The summed E-state index contributed by atoms with van der Waals surface area (Å²) in [5, 5.41) is 3.03. The molecule has 5 nitrogen and oxygen atoms in total. The molecule has 2 rings (SSSR count). The van der Waals surface area contributed by atoms with Crippen LogP contribution in [0.2, 0.25) is 0 Å². The lowest BCUT2D eigenvalue weighted by Crippen LogP contribution is -2.51. The summed E-state index contributed by atoms with van der Waals surface area (Å²) in [6.07, 6.45) is 0.991. The van der Waals surface area contributed by atoms with Gasteiger partial charge in [-0.1, -0.05) is 26.0 Å². The lowest BCUT2D eigenvalue weighted by atomic mass is 9.88. The molecule has 1 aromatic rings. The fraction of sp³-hybridized carbons (Fsp3) is 0.611. The van der Waals surface area contributed by atoms with E-state index in [1.807, 2.05) is 38.2 Å². The van der Waals surface area contributed by atoms with Crippen LogP contribution in [0.1, 0.15) is 38.8 Å². The molecule has 1 aliphatic rings. The quantitative estimate of drug-likeness (QED) is 0.839. The minimum absolute atomic E-state index is 0.0457. The maximum Gasteiger partial charge on any atom is 0.317 e. The van der Waals surface area contributed by atoms with Crippen molar-refractivity contribution in [3.8, 4) is 5.75 Å². The highest BCUT2D eigenvalue weighted by Gasteiger charge is 2.35. The average molecular weight is 320 g/mol. The van der Waals surface area contributed by atoms with E-state index in [2.05, 4.69) is 19.2 Å². The first-order chi connectivity index (χ1) is 10.9. The summed E-state index contributed by atoms with van der Waals surface area (Å²) < 4.78 is 10.8. The number of benzene rings is 1. The molecule has 1 aromatic carbocycles. The number of carbonyl (C=O) groups excluding carboxylic acids is 1. The van der Waals surface area contributed by atoms with Gasteiger partial charge in [0, 0.05) is 19.0 Å². The Morgan fingerprint density at radius 2 is 2.04 bits per heavy atom. The molecule has 0 bridgehead atoms. The Hall–Kier alpha value is -1.75. The van der Waals surface area contributed by atoms with Crippen LogP contribution in [0.3, 0.4) is 0 Å². The molecule has 0 aromatic heterocycles. The lowest BCUT2D eigenvalue weighted by molar-refractivity contribution is -0.108. The second-order valence-corrected chi connectivity index (χ2v) is 6.75. The summed E-state index contributed by atoms with van der Waals surface area (Å²) in [4.78, 5) is 14.0. The van der Waals surface area contributed by atoms with Crippen LogP contribution in [-0.2, 0) is 4.74 Å². The third-order valence-electron chi connectivity index (χ3n) is 4.06. The van der Waals surface area contributed by atoms with Gasteiger partial charge in [0.2, 0.25) is 0 Å². The summed E-state index contributed by atoms with van der Waals surface area (Å²) in [6, 6.07) is 7.79. The molecule has 0 saturated carbocycles. The molecule has 128 valence electrons. The van der Waals surface area contributed by atoms with Crippen molar-refractivity contribution in [1.29, 1.82) is 0 Å². The van der Waals surface area contributed by atoms with Crippen molar-refractivity contribution in [3.63, 3.8) is 0 Å². The zero-order valence-corrected chi connectivity index (χ0v) is 14.6. The number of nitrogens with zero attached hydrogens (tertiary/aromatic N) is 1. The standard InChI is InChI=1S/C18H28N2O3/c1-5-10-23-16-8-6-15(7-9-16)14(2)19-17(21)20(4)11-18(3)12-22-13-18/h6-9,14H,5,10-13H2,1-4H3,(H,19,21)/t14-/m0/s1. The molecule has 0 unspecified atom stereocenters. The first-order valence-corrected chi connectivity index (χ1v) is 8.26. The summed E-state index contributed by atoms with van der Waals surface area (Å²) in [5.41, 5.74) is 1.15. The maximum absolute atomic E-state index is 12.3. The highest BCUT2D eigenvalue weighted by atomic mass is 16.5. The van der Waals surface area contributed by atoms with E-state index in [4.69, 9.17) is 9.47 Å². The summed E-state index contributed by atoms with van der Waals surface area (Å²) >= 11 is 0. The monoisotopic (exact) mass is 320 g/mol. The Morgan fingerprint density at radius 3 is 2.57 bits per heavy atom. The van der Waals surface area contributed by atoms with E-state index < -0.39 is 0 Å². The number of urea groups is 1. The van der Waals surface area contributed by atoms with Crippen LogP contribution < -0.4 is 10.1 Å². The zero-order chi connectivity index (χ0) is 16.9. The summed E-state index contributed by atoms with van der Waals surface area (Å²) in [6.45, 7) is 9.08. The minimum atomic E-state index is -0.0584. The van der Waals surface area contributed by atoms with Crippen molar-refractivity contribution in [2.24, 2.45) is 5.41 Å². The van der Waals surface area contributed by atoms with E-state index in [1.54, 1.807) is 4.90 Å². The number of hydrogen-bond acceptors (Lipinski definition) is 3. The fourth-order valence-electron chi connectivity index (χ4n) is 2.64. The van der Waals surface area contributed by atoms with Crippen molar-refractivity contribution < 1.29 is 14.3 Å². The van der Waals surface area contributed by atoms with Crippen LogP contribution in [0.5, 0.6) is 5.75 Å². The van der Waals surface area contributed by atoms with Gasteiger partial charge in [-0.05, 0) is 31.0 Å². The second-order valence-electron chi connectivity index (χ2n) is 6.75. The van der Waals surface area contributed by atoms with Crippen LogP contribution in [0.15, 0.2) is 24.3 Å². The molecule has 0 spiro atoms. The van der Waals surface area contributed by atoms with Crippen molar-refractivity contribution in [3.05, 3.63) is 29.8 Å². The molecule has 1 atom stereocenters. The normalized spacial score (nSPS) is 17.0. The molecule has 5 heteroatoms. The van der Waals surface area contributed by atoms with Crippen molar-refractivity contribution in [1.82, 2.24) is 10.2 Å². The largest absolute Gasteiger partial charge is 0.494 e. The van der Waals surface area contributed by atoms with Gasteiger partial charge < -0.3 is 19.7 Å². The van der Waals surface area contributed by atoms with Crippen LogP contribution in [0.4, 0.5) is 4.79 Å². The van der Waals surface area contributed by atoms with Crippen LogP contribution in [0.25, 0.3) is 0 Å². The van der Waals surface area contributed by atoms with E-state index in [-0.39, 0.29) is 17.5 Å². The van der Waals surface area contributed by atoms with E-state index >= 15 is 0 Å². The Morgan fingerprint density at radius 1 is 1.39 bits per heavy atom. The molecule has 2 amide bonds. The van der Waals surface area contributed by atoms with Gasteiger partial charge in [-0.3, -0.25) is 0 Å². The molecular weight excluding hydrogens is 292 g/mol. The lowest BCUT2D eigenvalue weighted by Gasteiger charge is -2.40. The number of amides is 2. The van der Waals surface area contributed by atoms with Gasteiger partial charge in [-0.2, -0.15) is 0 Å². The number of ether oxygens (including phenoxy) is 2. The number of nitrogens with one attached hydrogen (secondary N) is 1. The molecular formula is C18H28N2O3. The van der Waals surface area contributed by atoms with Gasteiger partial charge in [-0.15, -0.1) is 0 Å². The van der Waals surface area contributed by atoms with Crippen molar-refractivity contribution in [2.75, 3.05) is 33.4 Å². The van der Waals surface area contributed by atoms with Crippen molar-refractivity contribution in [2.45, 2.75) is 33.2 Å². The Labute approximate surface area is 139 Å². The second kappa shape index (κ2) is 7.68. The molecule has 1 aliphatic heterocycles. The van der Waals surface area contributed by atoms with E-state index in [1.165, 1.54) is 0 Å². The zero-order valence-electron chi connectivity index (χ0n) is 14.6. The minimum Gasteiger partial charge on any atom is -0.494 e. The van der Waals surface area contributed by atoms with Gasteiger partial charge in [0.1, 0.15) is 5.75 Å². The number of rotatable bonds is 7. The van der Waals surface area contributed by atoms with Crippen LogP contribution in [0, 0.1) is 5.41 Å². The molecule has 0 aliphatic carbocycles. The fourth-order valence-corrected chi connectivity index (χ4v) is 2.64. The summed E-state index contributed by atoms with van der Waals surface area (Å²) in [5.74, 6) is 0.865. The highest BCUT2D eigenvalue weighted by molar-refractivity contribution is 5.74. The topological polar surface area (TPSA) is 50.8 Å². The van der Waals surface area contributed by atoms with Gasteiger partial charge in [0.05, 0.1) is 25.9 Å². The Kier molecular flexibility index (Phi) is 5.88.